The number of benzene rings is 1. The SMILES string of the molecule is CCCCN(CCCC)C(=O)CN(CC)c1ccc(N=C2C(C(C)(C)C)=Nn3c2nc(-c2cc(NC(C)=O)ccc2OC)c(CC)c3=O)s1. The van der Waals surface area contributed by atoms with Crippen LogP contribution in [-0.4, -0.2) is 71.1 Å². The Morgan fingerprint density at radius 3 is 2.31 bits per heavy atom. The number of unbranched alkanes of at least 4 members (excludes halogenated alkanes) is 2. The Labute approximate surface area is 294 Å². The molecule has 1 aromatic carbocycles. The molecule has 0 aliphatic carbocycles. The van der Waals surface area contributed by atoms with E-state index >= 15 is 0 Å². The molecule has 3 heterocycles. The molecule has 0 unspecified atom stereocenters. The van der Waals surface area contributed by atoms with Gasteiger partial charge in [-0.25, -0.2) is 9.98 Å². The lowest BCUT2D eigenvalue weighted by Gasteiger charge is -2.27. The second kappa shape index (κ2) is 16.4. The number of hydrogen-bond donors (Lipinski definition) is 1. The minimum absolute atomic E-state index is 0.137. The van der Waals surface area contributed by atoms with Crippen LogP contribution in [0.4, 0.5) is 15.7 Å². The number of carbonyl (C=O) groups excluding carboxylic acids is 2. The molecule has 0 spiro atoms. The van der Waals surface area contributed by atoms with Crippen LogP contribution in [0.3, 0.4) is 0 Å². The van der Waals surface area contributed by atoms with E-state index in [4.69, 9.17) is 19.8 Å². The molecule has 3 aromatic rings. The number of aromatic nitrogens is 2. The van der Waals surface area contributed by atoms with Crippen LogP contribution in [0.5, 0.6) is 5.75 Å². The molecule has 1 aliphatic rings. The van der Waals surface area contributed by atoms with Crippen LogP contribution < -0.4 is 20.5 Å². The summed E-state index contributed by atoms with van der Waals surface area (Å²) in [6.45, 7) is 18.3. The maximum Gasteiger partial charge on any atom is 0.278 e. The Kier molecular flexibility index (Phi) is 12.5. The fourth-order valence-corrected chi connectivity index (χ4v) is 6.64. The van der Waals surface area contributed by atoms with Crippen molar-refractivity contribution in [1.82, 2.24) is 14.6 Å². The fourth-order valence-electron chi connectivity index (χ4n) is 5.70. The Hall–Kier alpha value is -4.32. The number of amides is 2. The maximum absolute atomic E-state index is 14.1. The molecule has 2 amide bonds. The van der Waals surface area contributed by atoms with Gasteiger partial charge in [0.2, 0.25) is 11.8 Å². The maximum atomic E-state index is 14.1. The molecule has 0 fully saturated rings. The number of methoxy groups -OCH3 is 1. The van der Waals surface area contributed by atoms with Crippen molar-refractivity contribution in [1.29, 1.82) is 0 Å². The lowest BCUT2D eigenvalue weighted by molar-refractivity contribution is -0.129. The van der Waals surface area contributed by atoms with E-state index in [1.54, 1.807) is 25.3 Å². The van der Waals surface area contributed by atoms with Crippen LogP contribution in [0.15, 0.2) is 45.2 Å². The second-order valence-electron chi connectivity index (χ2n) is 13.2. The number of nitrogens with one attached hydrogen (secondary N) is 1. The molecular weight excluding hydrogens is 639 g/mol. The van der Waals surface area contributed by atoms with Crippen LogP contribution in [-0.2, 0) is 16.0 Å². The van der Waals surface area contributed by atoms with Gasteiger partial charge in [-0.3, -0.25) is 14.4 Å². The quantitative estimate of drug-likeness (QED) is 0.181. The number of anilines is 2. The number of nitrogens with zero attached hydrogens (tertiary/aromatic N) is 6. The monoisotopic (exact) mass is 689 g/mol. The predicted octanol–water partition coefficient (Wildman–Crippen LogP) is 7.14. The highest BCUT2D eigenvalue weighted by atomic mass is 32.1. The molecule has 0 radical (unpaired) electrons. The summed E-state index contributed by atoms with van der Waals surface area (Å²) in [6.07, 6.45) is 4.49. The minimum atomic E-state index is -0.447. The van der Waals surface area contributed by atoms with Gasteiger partial charge < -0.3 is 19.9 Å². The zero-order chi connectivity index (χ0) is 35.9. The van der Waals surface area contributed by atoms with Crippen molar-refractivity contribution < 1.29 is 14.3 Å². The number of fused-ring (bicyclic) bond motifs is 1. The van der Waals surface area contributed by atoms with Crippen molar-refractivity contribution in [3.63, 3.8) is 0 Å². The summed E-state index contributed by atoms with van der Waals surface area (Å²) < 4.78 is 7.04. The molecule has 1 N–H and O–H groups in total. The fraction of sp³-hybridized carbons (Fsp3) is 0.514. The Bertz CT molecular complexity index is 1780. The molecule has 12 heteroatoms. The van der Waals surface area contributed by atoms with Crippen LogP contribution in [0, 0.1) is 5.41 Å². The number of carbonyl (C=O) groups is 2. The first kappa shape index (κ1) is 37.5. The Morgan fingerprint density at radius 1 is 1.04 bits per heavy atom. The van der Waals surface area contributed by atoms with E-state index < -0.39 is 5.41 Å². The van der Waals surface area contributed by atoms with Gasteiger partial charge in [0.25, 0.3) is 5.56 Å². The summed E-state index contributed by atoms with van der Waals surface area (Å²) in [4.78, 5) is 53.5. The van der Waals surface area contributed by atoms with Gasteiger partial charge in [0, 0.05) is 48.8 Å². The highest BCUT2D eigenvalue weighted by molar-refractivity contribution is 7.19. The molecule has 49 heavy (non-hydrogen) atoms. The van der Waals surface area contributed by atoms with Gasteiger partial charge >= 0.3 is 0 Å². The van der Waals surface area contributed by atoms with E-state index in [-0.39, 0.29) is 17.4 Å². The third-order valence-corrected chi connectivity index (χ3v) is 9.40. The van der Waals surface area contributed by atoms with Crippen molar-refractivity contribution in [2.24, 2.45) is 15.5 Å². The van der Waals surface area contributed by atoms with Gasteiger partial charge in [0.05, 0.1) is 30.1 Å². The van der Waals surface area contributed by atoms with Crippen molar-refractivity contribution in [2.75, 3.05) is 43.5 Å². The van der Waals surface area contributed by atoms with E-state index in [0.29, 0.717) is 65.0 Å². The van der Waals surface area contributed by atoms with Crippen molar-refractivity contribution in [2.45, 2.75) is 87.5 Å². The third-order valence-electron chi connectivity index (χ3n) is 8.36. The molecule has 0 bridgehead atoms. The largest absolute Gasteiger partial charge is 0.496 e. The summed E-state index contributed by atoms with van der Waals surface area (Å²) in [5, 5.41) is 9.27. The van der Waals surface area contributed by atoms with Gasteiger partial charge in [-0.15, -0.1) is 0 Å². The normalized spacial score (nSPS) is 13.3. The van der Waals surface area contributed by atoms with E-state index in [2.05, 4.69) is 31.0 Å². The summed E-state index contributed by atoms with van der Waals surface area (Å²) in [7, 11) is 1.56. The van der Waals surface area contributed by atoms with Gasteiger partial charge in [0.15, 0.2) is 5.82 Å². The number of hydrogen-bond acceptors (Lipinski definition) is 9. The highest BCUT2D eigenvalue weighted by Gasteiger charge is 2.36. The minimum Gasteiger partial charge on any atom is -0.496 e. The molecule has 0 saturated heterocycles. The first-order chi connectivity index (χ1) is 23.4. The molecular formula is C37H51N7O4S. The molecule has 2 aromatic heterocycles. The predicted molar refractivity (Wildman–Crippen MR) is 201 cm³/mol. The van der Waals surface area contributed by atoms with Crippen LogP contribution >= 0.6 is 11.3 Å². The number of thiophene rings is 1. The van der Waals surface area contributed by atoms with E-state index in [1.807, 2.05) is 44.7 Å². The van der Waals surface area contributed by atoms with Gasteiger partial charge in [-0.05, 0) is 56.5 Å². The van der Waals surface area contributed by atoms with Gasteiger partial charge in [-0.1, -0.05) is 65.7 Å². The second-order valence-corrected chi connectivity index (χ2v) is 14.2. The third kappa shape index (κ3) is 8.65. The van der Waals surface area contributed by atoms with Crippen molar-refractivity contribution in [3.8, 4) is 17.0 Å². The molecule has 264 valence electrons. The lowest BCUT2D eigenvalue weighted by Crippen LogP contribution is -2.41. The molecule has 4 rings (SSSR count). The molecule has 0 atom stereocenters. The Balaban J connectivity index is 1.78. The first-order valence-electron chi connectivity index (χ1n) is 17.3. The highest BCUT2D eigenvalue weighted by Crippen LogP contribution is 2.37. The molecule has 11 nitrogen and oxygen atoms in total. The summed E-state index contributed by atoms with van der Waals surface area (Å²) >= 11 is 1.49. The smallest absolute Gasteiger partial charge is 0.278 e. The number of likely N-dealkylation sites (N-methyl/N-ethyl adjacent to an activating group) is 1. The average Bonchev–Trinajstić information content (AvgIpc) is 3.68. The lowest BCUT2D eigenvalue weighted by atomic mass is 9.87. The van der Waals surface area contributed by atoms with Crippen LogP contribution in [0.1, 0.15) is 92.5 Å². The zero-order valence-corrected chi connectivity index (χ0v) is 31.3. The number of aliphatic imine (C=N–C) groups is 1. The summed E-state index contributed by atoms with van der Waals surface area (Å²) in [6, 6.07) is 9.21. The van der Waals surface area contributed by atoms with E-state index in [0.717, 1.165) is 48.8 Å². The Morgan fingerprint density at radius 2 is 1.73 bits per heavy atom. The van der Waals surface area contributed by atoms with Crippen LogP contribution in [0.2, 0.25) is 0 Å². The first-order valence-corrected chi connectivity index (χ1v) is 18.1. The number of ether oxygens (including phenoxy) is 1. The van der Waals surface area contributed by atoms with Gasteiger partial charge in [-0.2, -0.15) is 9.78 Å². The van der Waals surface area contributed by atoms with Crippen LogP contribution in [0.25, 0.3) is 11.3 Å². The standard InChI is InChI=1S/C37H51N7O4S/c1-10-14-20-43(21-15-11-2)30(46)23-42(13-4)31-19-18-29(49-31)39-33-34(37(6,7)8)41-44-35(33)40-32(26(12-3)36(44)47)27-22-25(38-24(5)45)16-17-28(27)48-9/h16-19,22H,10-15,20-21,23H2,1-9H3,(H,38,45). The molecule has 0 saturated carbocycles. The number of rotatable bonds is 15. The van der Waals surface area contributed by atoms with E-state index in [1.165, 1.54) is 22.9 Å². The van der Waals surface area contributed by atoms with Gasteiger partial charge in [0.1, 0.15) is 16.5 Å². The zero-order valence-electron chi connectivity index (χ0n) is 30.5. The summed E-state index contributed by atoms with van der Waals surface area (Å²) in [5.74, 6) is 0.791. The molecule has 1 aliphatic heterocycles. The van der Waals surface area contributed by atoms with Crippen molar-refractivity contribution in [3.05, 3.63) is 52.1 Å². The van der Waals surface area contributed by atoms with E-state index in [9.17, 15) is 14.4 Å². The average molecular weight is 690 g/mol. The summed E-state index contributed by atoms with van der Waals surface area (Å²) in [5.41, 5.74) is 2.53. The van der Waals surface area contributed by atoms with Crippen molar-refractivity contribution >= 4 is 50.3 Å². The topological polar surface area (TPSA) is 121 Å².